The molecule has 182 valence electrons. The standard InChI is InChI=1S/C25H26Cl2N6O2/c1-32-14-33(22-19(26)4-3-5-20(22)27)24(34)18-13-29-25(31-23(18)32)30-16-6-7-17(21(12-16)35-2)15-8-10-28-11-9-15/h3-7,12-13,15,28H,8-11,14H2,1-2H3,(H,29,30,31). The van der Waals surface area contributed by atoms with E-state index in [1.807, 2.05) is 24.1 Å². The number of halogens is 2. The van der Waals surface area contributed by atoms with Crippen molar-refractivity contribution in [2.75, 3.05) is 49.0 Å². The Kier molecular flexibility index (Phi) is 6.69. The van der Waals surface area contributed by atoms with Crippen LogP contribution in [0.15, 0.2) is 42.6 Å². The Balaban J connectivity index is 1.40. The number of aromatic nitrogens is 2. The van der Waals surface area contributed by atoms with E-state index in [2.05, 4.69) is 26.7 Å². The number of rotatable bonds is 5. The summed E-state index contributed by atoms with van der Waals surface area (Å²) in [5.74, 6) is 2.00. The number of methoxy groups -OCH3 is 1. The summed E-state index contributed by atoms with van der Waals surface area (Å²) < 4.78 is 5.69. The van der Waals surface area contributed by atoms with Gasteiger partial charge in [-0.2, -0.15) is 4.98 Å². The van der Waals surface area contributed by atoms with E-state index in [9.17, 15) is 4.79 Å². The van der Waals surface area contributed by atoms with Gasteiger partial charge in [0, 0.05) is 25.0 Å². The lowest BCUT2D eigenvalue weighted by atomic mass is 9.89. The van der Waals surface area contributed by atoms with E-state index in [-0.39, 0.29) is 12.6 Å². The lowest BCUT2D eigenvalue weighted by Crippen LogP contribution is -2.46. The predicted molar refractivity (Wildman–Crippen MR) is 140 cm³/mol. The molecule has 3 aromatic rings. The van der Waals surface area contributed by atoms with Crippen molar-refractivity contribution in [2.45, 2.75) is 18.8 Å². The molecule has 2 aliphatic heterocycles. The van der Waals surface area contributed by atoms with E-state index in [1.54, 1.807) is 25.3 Å². The van der Waals surface area contributed by atoms with Crippen LogP contribution in [0.1, 0.15) is 34.7 Å². The fourth-order valence-corrected chi connectivity index (χ4v) is 5.27. The van der Waals surface area contributed by atoms with Crippen molar-refractivity contribution in [2.24, 2.45) is 0 Å². The molecular weight excluding hydrogens is 487 g/mol. The first kappa shape index (κ1) is 23.7. The molecule has 1 aromatic heterocycles. The van der Waals surface area contributed by atoms with E-state index in [1.165, 1.54) is 16.7 Å². The number of ether oxygens (including phenoxy) is 1. The van der Waals surface area contributed by atoms with Gasteiger partial charge in [-0.3, -0.25) is 9.69 Å². The molecule has 5 rings (SSSR count). The van der Waals surface area contributed by atoms with Crippen molar-refractivity contribution in [1.29, 1.82) is 0 Å². The maximum Gasteiger partial charge on any atom is 0.265 e. The minimum Gasteiger partial charge on any atom is -0.496 e. The van der Waals surface area contributed by atoms with Crippen LogP contribution in [0, 0.1) is 0 Å². The quantitative estimate of drug-likeness (QED) is 0.494. The lowest BCUT2D eigenvalue weighted by molar-refractivity contribution is 0.0982. The maximum atomic E-state index is 13.3. The number of piperidine rings is 1. The molecule has 2 aliphatic rings. The Bertz CT molecular complexity index is 1240. The van der Waals surface area contributed by atoms with E-state index in [0.29, 0.717) is 39.0 Å². The summed E-state index contributed by atoms with van der Waals surface area (Å²) in [6, 6.07) is 11.3. The van der Waals surface area contributed by atoms with Gasteiger partial charge in [-0.25, -0.2) is 4.98 Å². The molecule has 0 unspecified atom stereocenters. The van der Waals surface area contributed by atoms with Gasteiger partial charge in [-0.1, -0.05) is 35.3 Å². The molecule has 0 saturated carbocycles. The summed E-state index contributed by atoms with van der Waals surface area (Å²) in [6.07, 6.45) is 3.71. The second kappa shape index (κ2) is 9.89. The number of carbonyl (C=O) groups is 1. The number of para-hydroxylation sites is 1. The zero-order valence-corrected chi connectivity index (χ0v) is 21.0. The number of anilines is 4. The fourth-order valence-electron chi connectivity index (χ4n) is 4.67. The third-order valence-electron chi connectivity index (χ3n) is 6.44. The number of fused-ring (bicyclic) bond motifs is 1. The van der Waals surface area contributed by atoms with Crippen LogP contribution < -0.4 is 25.2 Å². The Hall–Kier alpha value is -3.07. The monoisotopic (exact) mass is 512 g/mol. The summed E-state index contributed by atoms with van der Waals surface area (Å²) in [6.45, 7) is 2.29. The Labute approximate surface area is 214 Å². The van der Waals surface area contributed by atoms with Crippen LogP contribution in [0.3, 0.4) is 0 Å². The molecule has 0 radical (unpaired) electrons. The summed E-state index contributed by atoms with van der Waals surface area (Å²) in [5.41, 5.74) is 2.88. The normalized spacial score (nSPS) is 16.3. The number of benzene rings is 2. The maximum absolute atomic E-state index is 13.3. The fraction of sp³-hybridized carbons (Fsp3) is 0.320. The third-order valence-corrected chi connectivity index (χ3v) is 7.05. The van der Waals surface area contributed by atoms with Crippen LogP contribution in [0.4, 0.5) is 23.1 Å². The molecule has 3 heterocycles. The third kappa shape index (κ3) is 4.61. The van der Waals surface area contributed by atoms with E-state index in [4.69, 9.17) is 27.9 Å². The Morgan fingerprint density at radius 1 is 1.14 bits per heavy atom. The molecule has 2 N–H and O–H groups in total. The average molecular weight is 513 g/mol. The lowest BCUT2D eigenvalue weighted by Gasteiger charge is -2.35. The highest BCUT2D eigenvalue weighted by Crippen LogP contribution is 2.38. The van der Waals surface area contributed by atoms with Gasteiger partial charge >= 0.3 is 0 Å². The predicted octanol–water partition coefficient (Wildman–Crippen LogP) is 5.06. The van der Waals surface area contributed by atoms with Gasteiger partial charge in [-0.15, -0.1) is 0 Å². The van der Waals surface area contributed by atoms with Crippen molar-refractivity contribution in [3.63, 3.8) is 0 Å². The number of hydrogen-bond acceptors (Lipinski definition) is 7. The molecule has 0 bridgehead atoms. The van der Waals surface area contributed by atoms with Crippen LogP contribution >= 0.6 is 23.2 Å². The van der Waals surface area contributed by atoms with Crippen LogP contribution in [0.25, 0.3) is 0 Å². The zero-order valence-electron chi connectivity index (χ0n) is 19.5. The summed E-state index contributed by atoms with van der Waals surface area (Å²) in [5, 5.41) is 7.46. The first-order chi connectivity index (χ1) is 17.0. The van der Waals surface area contributed by atoms with Crippen molar-refractivity contribution < 1.29 is 9.53 Å². The molecule has 8 nitrogen and oxygen atoms in total. The molecule has 10 heteroatoms. The van der Waals surface area contributed by atoms with Gasteiger partial charge in [0.15, 0.2) is 0 Å². The topological polar surface area (TPSA) is 82.6 Å². The van der Waals surface area contributed by atoms with Gasteiger partial charge in [0.25, 0.3) is 5.91 Å². The molecule has 2 aromatic carbocycles. The highest BCUT2D eigenvalue weighted by Gasteiger charge is 2.32. The second-order valence-electron chi connectivity index (χ2n) is 8.68. The molecule has 0 aliphatic carbocycles. The van der Waals surface area contributed by atoms with Crippen molar-refractivity contribution in [3.8, 4) is 5.75 Å². The largest absolute Gasteiger partial charge is 0.496 e. The van der Waals surface area contributed by atoms with Gasteiger partial charge < -0.3 is 20.3 Å². The summed E-state index contributed by atoms with van der Waals surface area (Å²) in [4.78, 5) is 25.7. The van der Waals surface area contributed by atoms with E-state index in [0.717, 1.165) is 37.4 Å². The van der Waals surface area contributed by atoms with Gasteiger partial charge in [0.1, 0.15) is 17.1 Å². The molecule has 1 saturated heterocycles. The van der Waals surface area contributed by atoms with Crippen LogP contribution in [-0.2, 0) is 0 Å². The van der Waals surface area contributed by atoms with Gasteiger partial charge in [0.05, 0.1) is 29.5 Å². The minimum atomic E-state index is -0.257. The first-order valence-electron chi connectivity index (χ1n) is 11.5. The number of carbonyl (C=O) groups excluding carboxylic acids is 1. The SMILES string of the molecule is COc1cc(Nc2ncc3c(n2)N(C)CN(c2c(Cl)cccc2Cl)C3=O)ccc1C1CCNCC1. The number of hydrogen-bond donors (Lipinski definition) is 2. The molecule has 35 heavy (non-hydrogen) atoms. The molecule has 0 spiro atoms. The number of amides is 1. The molecule has 1 fully saturated rings. The smallest absolute Gasteiger partial charge is 0.265 e. The van der Waals surface area contributed by atoms with E-state index >= 15 is 0 Å². The summed E-state index contributed by atoms with van der Waals surface area (Å²) >= 11 is 12.7. The van der Waals surface area contributed by atoms with Crippen molar-refractivity contribution in [1.82, 2.24) is 15.3 Å². The Morgan fingerprint density at radius 2 is 1.89 bits per heavy atom. The van der Waals surface area contributed by atoms with E-state index < -0.39 is 0 Å². The second-order valence-corrected chi connectivity index (χ2v) is 9.49. The number of nitrogens with zero attached hydrogens (tertiary/aromatic N) is 4. The molecule has 0 atom stereocenters. The number of nitrogens with one attached hydrogen (secondary N) is 2. The van der Waals surface area contributed by atoms with Crippen molar-refractivity contribution in [3.05, 3.63) is 63.8 Å². The van der Waals surface area contributed by atoms with Gasteiger partial charge in [-0.05, 0) is 55.6 Å². The molecular formula is C25H26Cl2N6O2. The van der Waals surface area contributed by atoms with Gasteiger partial charge in [0.2, 0.25) is 5.95 Å². The minimum absolute atomic E-state index is 0.254. The average Bonchev–Trinajstić information content (AvgIpc) is 2.87. The van der Waals surface area contributed by atoms with Crippen LogP contribution in [0.2, 0.25) is 10.0 Å². The zero-order chi connectivity index (χ0) is 24.5. The summed E-state index contributed by atoms with van der Waals surface area (Å²) in [7, 11) is 3.55. The first-order valence-corrected chi connectivity index (χ1v) is 12.2. The van der Waals surface area contributed by atoms with Crippen LogP contribution in [-0.4, -0.2) is 49.8 Å². The Morgan fingerprint density at radius 3 is 2.60 bits per heavy atom. The molecule has 1 amide bonds. The van der Waals surface area contributed by atoms with Crippen LogP contribution in [0.5, 0.6) is 5.75 Å². The highest BCUT2D eigenvalue weighted by molar-refractivity contribution is 6.40. The highest BCUT2D eigenvalue weighted by atomic mass is 35.5. The van der Waals surface area contributed by atoms with Crippen molar-refractivity contribution >= 4 is 52.3 Å².